The number of likely N-dealkylation sites (tertiary alicyclic amines) is 1. The minimum absolute atomic E-state index is 0.0597. The highest BCUT2D eigenvalue weighted by Gasteiger charge is 2.18. The fourth-order valence-electron chi connectivity index (χ4n) is 2.00. The lowest BCUT2D eigenvalue weighted by Crippen LogP contribution is -2.43. The van der Waals surface area contributed by atoms with Crippen molar-refractivity contribution in [2.75, 3.05) is 20.1 Å². The van der Waals surface area contributed by atoms with Gasteiger partial charge in [0.2, 0.25) is 5.91 Å². The van der Waals surface area contributed by atoms with Crippen LogP contribution in [0.1, 0.15) is 18.6 Å². The van der Waals surface area contributed by atoms with Gasteiger partial charge in [0.15, 0.2) is 0 Å². The van der Waals surface area contributed by atoms with Crippen LogP contribution >= 0.6 is 0 Å². The number of nitrogens with one attached hydrogen (secondary N) is 1. The first-order valence-corrected chi connectivity index (χ1v) is 5.74. The zero-order valence-electron chi connectivity index (χ0n) is 9.61. The molecule has 0 saturated carbocycles. The molecule has 16 heavy (non-hydrogen) atoms. The van der Waals surface area contributed by atoms with Gasteiger partial charge in [0, 0.05) is 6.04 Å². The van der Waals surface area contributed by atoms with Crippen LogP contribution in [0.3, 0.4) is 0 Å². The molecule has 1 N–H and O–H groups in total. The van der Waals surface area contributed by atoms with Crippen molar-refractivity contribution in [2.45, 2.75) is 25.3 Å². The van der Waals surface area contributed by atoms with Gasteiger partial charge in [-0.05, 0) is 45.1 Å². The van der Waals surface area contributed by atoms with Crippen molar-refractivity contribution in [2.24, 2.45) is 0 Å². The second kappa shape index (κ2) is 5.16. The summed E-state index contributed by atoms with van der Waals surface area (Å²) in [6, 6.07) is 3.96. The Morgan fingerprint density at radius 2 is 2.31 bits per heavy atom. The summed E-state index contributed by atoms with van der Waals surface area (Å²) in [7, 11) is 2.11. The highest BCUT2D eigenvalue weighted by Crippen LogP contribution is 2.08. The lowest BCUT2D eigenvalue weighted by Gasteiger charge is -2.29. The maximum Gasteiger partial charge on any atom is 0.227 e. The van der Waals surface area contributed by atoms with Crippen LogP contribution in [-0.2, 0) is 11.2 Å². The maximum atomic E-state index is 11.7. The Morgan fingerprint density at radius 1 is 1.56 bits per heavy atom. The molecule has 1 aliphatic rings. The summed E-state index contributed by atoms with van der Waals surface area (Å²) in [6.07, 6.45) is 4.03. The third kappa shape index (κ3) is 3.10. The van der Waals surface area contributed by atoms with Gasteiger partial charge in [0.05, 0.1) is 12.7 Å². The molecule has 1 aromatic heterocycles. The smallest absolute Gasteiger partial charge is 0.227 e. The molecule has 0 atom stereocenters. The van der Waals surface area contributed by atoms with Crippen molar-refractivity contribution in [3.05, 3.63) is 24.2 Å². The first kappa shape index (κ1) is 11.2. The van der Waals surface area contributed by atoms with E-state index in [0.29, 0.717) is 12.5 Å². The van der Waals surface area contributed by atoms with Crippen LogP contribution in [0.5, 0.6) is 0 Å². The summed E-state index contributed by atoms with van der Waals surface area (Å²) < 4.78 is 5.14. The van der Waals surface area contributed by atoms with Gasteiger partial charge in [0.1, 0.15) is 5.76 Å². The molecule has 1 amide bonds. The summed E-state index contributed by atoms with van der Waals surface area (Å²) in [4.78, 5) is 14.0. The Balaban J connectivity index is 1.75. The Kier molecular flexibility index (Phi) is 3.62. The molecule has 88 valence electrons. The number of piperidine rings is 1. The van der Waals surface area contributed by atoms with Crippen molar-refractivity contribution < 1.29 is 9.21 Å². The van der Waals surface area contributed by atoms with E-state index < -0.39 is 0 Å². The lowest BCUT2D eigenvalue weighted by atomic mass is 10.1. The van der Waals surface area contributed by atoms with Gasteiger partial charge < -0.3 is 14.6 Å². The number of carbonyl (C=O) groups excluding carboxylic acids is 1. The molecule has 0 spiro atoms. The van der Waals surface area contributed by atoms with E-state index in [1.807, 2.05) is 6.07 Å². The standard InChI is InChI=1S/C12H18N2O2/c1-14-6-4-10(5-7-14)13-12(15)9-11-3-2-8-16-11/h2-3,8,10H,4-7,9H2,1H3,(H,13,15). The monoisotopic (exact) mass is 222 g/mol. The summed E-state index contributed by atoms with van der Waals surface area (Å²) in [6.45, 7) is 2.12. The fraction of sp³-hybridized carbons (Fsp3) is 0.583. The first-order chi connectivity index (χ1) is 7.74. The maximum absolute atomic E-state index is 11.7. The predicted molar refractivity (Wildman–Crippen MR) is 61.1 cm³/mol. The summed E-state index contributed by atoms with van der Waals surface area (Å²) in [5.74, 6) is 0.787. The van der Waals surface area contributed by atoms with Gasteiger partial charge in [-0.15, -0.1) is 0 Å². The summed E-state index contributed by atoms with van der Waals surface area (Å²) in [5, 5.41) is 3.05. The minimum Gasteiger partial charge on any atom is -0.469 e. The van der Waals surface area contributed by atoms with Gasteiger partial charge in [-0.3, -0.25) is 4.79 Å². The van der Waals surface area contributed by atoms with Crippen LogP contribution in [-0.4, -0.2) is 37.0 Å². The average Bonchev–Trinajstić information content (AvgIpc) is 2.74. The van der Waals surface area contributed by atoms with Gasteiger partial charge in [-0.25, -0.2) is 0 Å². The highest BCUT2D eigenvalue weighted by molar-refractivity contribution is 5.78. The van der Waals surface area contributed by atoms with Crippen LogP contribution in [0.4, 0.5) is 0 Å². The zero-order valence-corrected chi connectivity index (χ0v) is 9.61. The van der Waals surface area contributed by atoms with Gasteiger partial charge in [0.25, 0.3) is 0 Å². The molecule has 4 heteroatoms. The van der Waals surface area contributed by atoms with E-state index >= 15 is 0 Å². The van der Waals surface area contributed by atoms with Crippen LogP contribution in [0.15, 0.2) is 22.8 Å². The molecule has 0 bridgehead atoms. The summed E-state index contributed by atoms with van der Waals surface area (Å²) in [5.41, 5.74) is 0. The number of hydrogen-bond donors (Lipinski definition) is 1. The quantitative estimate of drug-likeness (QED) is 0.831. The van der Waals surface area contributed by atoms with Gasteiger partial charge in [-0.2, -0.15) is 0 Å². The first-order valence-electron chi connectivity index (χ1n) is 5.74. The molecule has 1 aliphatic heterocycles. The predicted octanol–water partition coefficient (Wildman–Crippen LogP) is 1.03. The van der Waals surface area contributed by atoms with E-state index in [0.717, 1.165) is 31.7 Å². The number of nitrogens with zero attached hydrogens (tertiary/aromatic N) is 1. The van der Waals surface area contributed by atoms with Gasteiger partial charge in [-0.1, -0.05) is 0 Å². The Hall–Kier alpha value is -1.29. The average molecular weight is 222 g/mol. The van der Waals surface area contributed by atoms with Crippen LogP contribution in [0, 0.1) is 0 Å². The number of amides is 1. The third-order valence-electron chi connectivity index (χ3n) is 3.00. The van der Waals surface area contributed by atoms with Crippen molar-refractivity contribution >= 4 is 5.91 Å². The molecular weight excluding hydrogens is 204 g/mol. The van der Waals surface area contributed by atoms with E-state index in [1.165, 1.54) is 0 Å². The second-order valence-electron chi connectivity index (χ2n) is 4.40. The van der Waals surface area contributed by atoms with E-state index in [2.05, 4.69) is 17.3 Å². The Morgan fingerprint density at radius 3 is 2.94 bits per heavy atom. The SMILES string of the molecule is CN1CCC(NC(=O)Cc2ccco2)CC1. The minimum atomic E-state index is 0.0597. The highest BCUT2D eigenvalue weighted by atomic mass is 16.3. The second-order valence-corrected chi connectivity index (χ2v) is 4.40. The van der Waals surface area contributed by atoms with Crippen LogP contribution < -0.4 is 5.32 Å². The molecule has 0 aliphatic carbocycles. The van der Waals surface area contributed by atoms with E-state index in [9.17, 15) is 4.79 Å². The zero-order chi connectivity index (χ0) is 11.4. The number of carbonyl (C=O) groups is 1. The molecule has 2 heterocycles. The molecule has 4 nitrogen and oxygen atoms in total. The molecule has 0 unspecified atom stereocenters. The molecule has 0 aromatic carbocycles. The number of furan rings is 1. The lowest BCUT2D eigenvalue weighted by molar-refractivity contribution is -0.121. The fourth-order valence-corrected chi connectivity index (χ4v) is 2.00. The van der Waals surface area contributed by atoms with Crippen LogP contribution in [0.25, 0.3) is 0 Å². The number of hydrogen-bond acceptors (Lipinski definition) is 3. The van der Waals surface area contributed by atoms with Crippen molar-refractivity contribution in [1.29, 1.82) is 0 Å². The largest absolute Gasteiger partial charge is 0.469 e. The third-order valence-corrected chi connectivity index (χ3v) is 3.00. The van der Waals surface area contributed by atoms with E-state index in [4.69, 9.17) is 4.42 Å². The van der Waals surface area contributed by atoms with Gasteiger partial charge >= 0.3 is 0 Å². The molecule has 2 rings (SSSR count). The Bertz CT molecular complexity index is 327. The van der Waals surface area contributed by atoms with Crippen molar-refractivity contribution in [1.82, 2.24) is 10.2 Å². The van der Waals surface area contributed by atoms with E-state index in [1.54, 1.807) is 12.3 Å². The topological polar surface area (TPSA) is 45.5 Å². The van der Waals surface area contributed by atoms with Crippen LogP contribution in [0.2, 0.25) is 0 Å². The summed E-state index contributed by atoms with van der Waals surface area (Å²) >= 11 is 0. The molecule has 1 fully saturated rings. The molecule has 1 aromatic rings. The molecular formula is C12H18N2O2. The molecule has 1 saturated heterocycles. The van der Waals surface area contributed by atoms with Crippen molar-refractivity contribution in [3.8, 4) is 0 Å². The van der Waals surface area contributed by atoms with Crippen molar-refractivity contribution in [3.63, 3.8) is 0 Å². The number of rotatable bonds is 3. The normalized spacial score (nSPS) is 18.6. The molecule has 0 radical (unpaired) electrons. The van der Waals surface area contributed by atoms with E-state index in [-0.39, 0.29) is 5.91 Å². The Labute approximate surface area is 95.6 Å².